The molecule has 0 aliphatic rings. The van der Waals surface area contributed by atoms with Gasteiger partial charge in [0, 0.05) is 10.9 Å². The van der Waals surface area contributed by atoms with Gasteiger partial charge in [-0.15, -0.1) is 11.8 Å². The van der Waals surface area contributed by atoms with E-state index in [1.165, 1.54) is 5.56 Å². The molecular weight excluding hydrogens is 242 g/mol. The monoisotopic (exact) mass is 265 g/mol. The smallest absolute Gasteiger partial charge is 0.233 e. The molecule has 0 unspecified atom stereocenters. The third-order valence-corrected chi connectivity index (χ3v) is 3.93. The van der Waals surface area contributed by atoms with Crippen LogP contribution in [0.25, 0.3) is 0 Å². The van der Waals surface area contributed by atoms with Gasteiger partial charge < -0.3 is 5.32 Å². The third kappa shape index (κ3) is 5.13. The second-order valence-corrected chi connectivity index (χ2v) is 6.19. The van der Waals surface area contributed by atoms with Crippen molar-refractivity contribution in [1.29, 1.82) is 0 Å². The third-order valence-electron chi connectivity index (χ3n) is 2.81. The molecule has 0 aliphatic heterocycles. The van der Waals surface area contributed by atoms with Crippen LogP contribution in [0.1, 0.15) is 39.2 Å². The van der Waals surface area contributed by atoms with Crippen LogP contribution in [0.2, 0.25) is 0 Å². The lowest BCUT2D eigenvalue weighted by atomic mass is 10.2. The van der Waals surface area contributed by atoms with Crippen LogP contribution in [-0.4, -0.2) is 17.2 Å². The van der Waals surface area contributed by atoms with Crippen molar-refractivity contribution in [3.05, 3.63) is 29.8 Å². The Balaban J connectivity index is 2.46. The van der Waals surface area contributed by atoms with Gasteiger partial charge >= 0.3 is 0 Å². The Morgan fingerprint density at radius 2 is 1.89 bits per heavy atom. The van der Waals surface area contributed by atoms with Crippen LogP contribution in [-0.2, 0) is 4.79 Å². The average Bonchev–Trinajstić information content (AvgIpc) is 2.32. The maximum absolute atomic E-state index is 12.0. The number of aryl methyl sites for hydroxylation is 1. The minimum Gasteiger partial charge on any atom is -0.353 e. The van der Waals surface area contributed by atoms with E-state index in [1.54, 1.807) is 11.8 Å². The highest BCUT2D eigenvalue weighted by Gasteiger charge is 2.15. The van der Waals surface area contributed by atoms with Gasteiger partial charge in [0.15, 0.2) is 0 Å². The Morgan fingerprint density at radius 1 is 1.28 bits per heavy atom. The highest BCUT2D eigenvalue weighted by atomic mass is 32.2. The maximum atomic E-state index is 12.0. The summed E-state index contributed by atoms with van der Waals surface area (Å²) in [7, 11) is 0. The van der Waals surface area contributed by atoms with Crippen molar-refractivity contribution in [2.75, 3.05) is 0 Å². The molecule has 2 atom stereocenters. The van der Waals surface area contributed by atoms with Gasteiger partial charge in [-0.1, -0.05) is 31.0 Å². The van der Waals surface area contributed by atoms with Crippen LogP contribution < -0.4 is 5.32 Å². The molecule has 0 radical (unpaired) electrons. The number of carbonyl (C=O) groups is 1. The highest BCUT2D eigenvalue weighted by molar-refractivity contribution is 8.00. The van der Waals surface area contributed by atoms with E-state index in [-0.39, 0.29) is 17.2 Å². The second kappa shape index (κ2) is 7.47. The topological polar surface area (TPSA) is 29.1 Å². The number of benzene rings is 1. The molecule has 0 aliphatic carbocycles. The minimum absolute atomic E-state index is 0.0491. The largest absolute Gasteiger partial charge is 0.353 e. The standard InChI is InChI=1S/C15H23NOS/c1-5-6-12(3)16-15(17)13(4)18-14-9-7-11(2)8-10-14/h7-10,12-13H,5-6H2,1-4H3,(H,16,17)/t12-,13-/m0/s1. The summed E-state index contributed by atoms with van der Waals surface area (Å²) in [6, 6.07) is 8.56. The Bertz CT molecular complexity index is 375. The lowest BCUT2D eigenvalue weighted by Gasteiger charge is -2.16. The molecule has 100 valence electrons. The molecule has 0 aromatic heterocycles. The van der Waals surface area contributed by atoms with Gasteiger partial charge in [0.25, 0.3) is 0 Å². The summed E-state index contributed by atoms with van der Waals surface area (Å²) in [5.41, 5.74) is 1.24. The van der Waals surface area contributed by atoms with E-state index in [2.05, 4.69) is 50.4 Å². The second-order valence-electron chi connectivity index (χ2n) is 4.77. The molecule has 1 amide bonds. The molecule has 0 heterocycles. The molecule has 1 aromatic carbocycles. The fourth-order valence-electron chi connectivity index (χ4n) is 1.74. The van der Waals surface area contributed by atoms with Gasteiger partial charge in [-0.25, -0.2) is 0 Å². The van der Waals surface area contributed by atoms with Gasteiger partial charge in [-0.05, 0) is 39.3 Å². The fourth-order valence-corrected chi connectivity index (χ4v) is 2.62. The SMILES string of the molecule is CCC[C@H](C)NC(=O)[C@H](C)Sc1ccc(C)cc1. The van der Waals surface area contributed by atoms with Crippen molar-refractivity contribution in [1.82, 2.24) is 5.32 Å². The average molecular weight is 265 g/mol. The van der Waals surface area contributed by atoms with Gasteiger partial charge in [0.05, 0.1) is 5.25 Å². The van der Waals surface area contributed by atoms with Crippen LogP contribution in [0.5, 0.6) is 0 Å². The lowest BCUT2D eigenvalue weighted by Crippen LogP contribution is -2.37. The van der Waals surface area contributed by atoms with E-state index in [0.29, 0.717) is 0 Å². The number of hydrogen-bond acceptors (Lipinski definition) is 2. The van der Waals surface area contributed by atoms with Crippen molar-refractivity contribution >= 4 is 17.7 Å². The van der Waals surface area contributed by atoms with Crippen LogP contribution >= 0.6 is 11.8 Å². The maximum Gasteiger partial charge on any atom is 0.233 e. The normalized spacial score (nSPS) is 14.0. The van der Waals surface area contributed by atoms with E-state index < -0.39 is 0 Å². The van der Waals surface area contributed by atoms with E-state index in [0.717, 1.165) is 17.7 Å². The van der Waals surface area contributed by atoms with Crippen LogP contribution in [0, 0.1) is 6.92 Å². The summed E-state index contributed by atoms with van der Waals surface area (Å²) >= 11 is 1.61. The first-order chi connectivity index (χ1) is 8.52. The molecule has 0 fully saturated rings. The molecular formula is C15H23NOS. The first kappa shape index (κ1) is 15.1. The number of amides is 1. The zero-order chi connectivity index (χ0) is 13.5. The summed E-state index contributed by atoms with van der Waals surface area (Å²) in [6.45, 7) is 8.22. The molecule has 0 saturated carbocycles. The van der Waals surface area contributed by atoms with E-state index >= 15 is 0 Å². The van der Waals surface area contributed by atoms with Gasteiger partial charge in [-0.2, -0.15) is 0 Å². The predicted octanol–water partition coefficient (Wildman–Crippen LogP) is 3.78. The summed E-state index contributed by atoms with van der Waals surface area (Å²) in [4.78, 5) is 13.1. The van der Waals surface area contributed by atoms with Gasteiger partial charge in [-0.3, -0.25) is 4.79 Å². The highest BCUT2D eigenvalue weighted by Crippen LogP contribution is 2.23. The molecule has 3 heteroatoms. The Kier molecular flexibility index (Phi) is 6.27. The van der Waals surface area contributed by atoms with Gasteiger partial charge in [0.2, 0.25) is 5.91 Å². The van der Waals surface area contributed by atoms with E-state index in [4.69, 9.17) is 0 Å². The molecule has 0 spiro atoms. The number of rotatable bonds is 6. The number of thioether (sulfide) groups is 1. The lowest BCUT2D eigenvalue weighted by molar-refractivity contribution is -0.120. The zero-order valence-corrected chi connectivity index (χ0v) is 12.5. The summed E-state index contributed by atoms with van der Waals surface area (Å²) in [5.74, 6) is 0.126. The molecule has 1 N–H and O–H groups in total. The molecule has 2 nitrogen and oxygen atoms in total. The Labute approximate surface area is 115 Å². The molecule has 1 aromatic rings. The zero-order valence-electron chi connectivity index (χ0n) is 11.7. The predicted molar refractivity (Wildman–Crippen MR) is 79.0 cm³/mol. The van der Waals surface area contributed by atoms with Crippen LogP contribution in [0.3, 0.4) is 0 Å². The molecule has 0 bridgehead atoms. The Hall–Kier alpha value is -0.960. The number of carbonyl (C=O) groups excluding carboxylic acids is 1. The van der Waals surface area contributed by atoms with Crippen LogP contribution in [0.15, 0.2) is 29.2 Å². The summed E-state index contributed by atoms with van der Waals surface area (Å²) < 4.78 is 0. The van der Waals surface area contributed by atoms with Crippen molar-refractivity contribution in [3.8, 4) is 0 Å². The van der Waals surface area contributed by atoms with Crippen molar-refractivity contribution in [2.45, 2.75) is 56.7 Å². The fraction of sp³-hybridized carbons (Fsp3) is 0.533. The molecule has 1 rings (SSSR count). The Morgan fingerprint density at radius 3 is 2.44 bits per heavy atom. The molecule has 0 saturated heterocycles. The quantitative estimate of drug-likeness (QED) is 0.793. The number of hydrogen-bond donors (Lipinski definition) is 1. The van der Waals surface area contributed by atoms with Crippen LogP contribution in [0.4, 0.5) is 0 Å². The summed E-state index contributed by atoms with van der Waals surface area (Å²) in [6.07, 6.45) is 2.13. The van der Waals surface area contributed by atoms with Gasteiger partial charge in [0.1, 0.15) is 0 Å². The summed E-state index contributed by atoms with van der Waals surface area (Å²) in [5, 5.41) is 3.00. The molecule has 18 heavy (non-hydrogen) atoms. The first-order valence-electron chi connectivity index (χ1n) is 6.56. The van der Waals surface area contributed by atoms with E-state index in [9.17, 15) is 4.79 Å². The minimum atomic E-state index is -0.0491. The van der Waals surface area contributed by atoms with Crippen molar-refractivity contribution < 1.29 is 4.79 Å². The first-order valence-corrected chi connectivity index (χ1v) is 7.44. The van der Waals surface area contributed by atoms with Crippen molar-refractivity contribution in [3.63, 3.8) is 0 Å². The van der Waals surface area contributed by atoms with E-state index in [1.807, 2.05) is 6.92 Å². The number of nitrogens with one attached hydrogen (secondary N) is 1. The van der Waals surface area contributed by atoms with Crippen molar-refractivity contribution in [2.24, 2.45) is 0 Å².